The van der Waals surface area contributed by atoms with Gasteiger partial charge in [-0.25, -0.2) is 9.97 Å². The fraction of sp³-hybridized carbons (Fsp3) is 0.133. The third-order valence-corrected chi connectivity index (χ3v) is 2.93. The molecule has 0 saturated carbocycles. The predicted octanol–water partition coefficient (Wildman–Crippen LogP) is 3.19. The van der Waals surface area contributed by atoms with E-state index in [1.165, 1.54) is 6.33 Å². The standard InChI is InChI=1S/C15H14N4O2/c1-10-7-15(19-21-10)18-14-8-12(16-9-17-14)11-5-3-4-6-13(11)20-2/h3-9H,1-2H3,(H,16,17,18,19). The smallest absolute Gasteiger partial charge is 0.175 e. The number of aryl methyl sites for hydroxylation is 1. The van der Waals surface area contributed by atoms with Crippen LogP contribution in [0.1, 0.15) is 5.76 Å². The fourth-order valence-corrected chi connectivity index (χ4v) is 1.99. The molecule has 0 unspecified atom stereocenters. The van der Waals surface area contributed by atoms with Gasteiger partial charge in [0.15, 0.2) is 5.82 Å². The van der Waals surface area contributed by atoms with E-state index in [4.69, 9.17) is 9.26 Å². The molecule has 2 aromatic heterocycles. The monoisotopic (exact) mass is 282 g/mol. The van der Waals surface area contributed by atoms with Gasteiger partial charge in [0.1, 0.15) is 23.7 Å². The van der Waals surface area contributed by atoms with E-state index in [0.29, 0.717) is 11.6 Å². The summed E-state index contributed by atoms with van der Waals surface area (Å²) in [5.41, 5.74) is 1.67. The van der Waals surface area contributed by atoms with Gasteiger partial charge in [0.25, 0.3) is 0 Å². The second-order valence-corrected chi connectivity index (χ2v) is 4.44. The van der Waals surface area contributed by atoms with Crippen LogP contribution < -0.4 is 10.1 Å². The summed E-state index contributed by atoms with van der Waals surface area (Å²) in [6, 6.07) is 11.3. The van der Waals surface area contributed by atoms with Crippen molar-refractivity contribution < 1.29 is 9.26 Å². The first-order valence-corrected chi connectivity index (χ1v) is 6.42. The Hall–Kier alpha value is -2.89. The lowest BCUT2D eigenvalue weighted by Gasteiger charge is -2.08. The number of nitrogens with one attached hydrogen (secondary N) is 1. The van der Waals surface area contributed by atoms with Gasteiger partial charge in [-0.3, -0.25) is 0 Å². The average Bonchev–Trinajstić information content (AvgIpc) is 2.92. The van der Waals surface area contributed by atoms with Crippen LogP contribution in [0.25, 0.3) is 11.3 Å². The fourth-order valence-electron chi connectivity index (χ4n) is 1.99. The van der Waals surface area contributed by atoms with Crippen LogP contribution in [0.3, 0.4) is 0 Å². The van der Waals surface area contributed by atoms with Crippen LogP contribution in [0.5, 0.6) is 5.75 Å². The van der Waals surface area contributed by atoms with E-state index < -0.39 is 0 Å². The second-order valence-electron chi connectivity index (χ2n) is 4.44. The largest absolute Gasteiger partial charge is 0.496 e. The highest BCUT2D eigenvalue weighted by Gasteiger charge is 2.08. The number of anilines is 2. The molecule has 0 radical (unpaired) electrons. The summed E-state index contributed by atoms with van der Waals surface area (Å²) in [6.07, 6.45) is 1.50. The zero-order chi connectivity index (χ0) is 14.7. The van der Waals surface area contributed by atoms with Crippen LogP contribution >= 0.6 is 0 Å². The molecule has 6 heteroatoms. The molecule has 0 amide bonds. The van der Waals surface area contributed by atoms with E-state index in [1.807, 2.05) is 37.3 Å². The number of rotatable bonds is 4. The molecule has 1 aromatic carbocycles. The Morgan fingerprint density at radius 1 is 1.10 bits per heavy atom. The minimum absolute atomic E-state index is 0.608. The van der Waals surface area contributed by atoms with Gasteiger partial charge >= 0.3 is 0 Å². The SMILES string of the molecule is COc1ccccc1-c1cc(Nc2cc(C)on2)ncn1. The molecule has 21 heavy (non-hydrogen) atoms. The van der Waals surface area contributed by atoms with Crippen molar-refractivity contribution in [3.05, 3.63) is 48.5 Å². The van der Waals surface area contributed by atoms with Crippen LogP contribution in [0.2, 0.25) is 0 Å². The molecule has 0 aliphatic heterocycles. The molecule has 0 aliphatic rings. The second kappa shape index (κ2) is 5.62. The van der Waals surface area contributed by atoms with Crippen LogP contribution in [0.15, 0.2) is 47.2 Å². The Kier molecular flexibility index (Phi) is 3.51. The predicted molar refractivity (Wildman–Crippen MR) is 78.5 cm³/mol. The van der Waals surface area contributed by atoms with Crippen molar-refractivity contribution in [2.75, 3.05) is 12.4 Å². The van der Waals surface area contributed by atoms with E-state index in [9.17, 15) is 0 Å². The molecule has 2 heterocycles. The Balaban J connectivity index is 1.92. The number of benzene rings is 1. The van der Waals surface area contributed by atoms with Crippen LogP contribution in [0.4, 0.5) is 11.6 Å². The van der Waals surface area contributed by atoms with E-state index in [1.54, 1.807) is 13.2 Å². The normalized spacial score (nSPS) is 10.4. The molecule has 0 spiro atoms. The number of aromatic nitrogens is 3. The number of ether oxygens (including phenoxy) is 1. The minimum Gasteiger partial charge on any atom is -0.496 e. The maximum atomic E-state index is 5.35. The first-order chi connectivity index (χ1) is 10.3. The number of hydrogen-bond acceptors (Lipinski definition) is 6. The van der Waals surface area contributed by atoms with Gasteiger partial charge in [0, 0.05) is 17.7 Å². The number of nitrogens with zero attached hydrogens (tertiary/aromatic N) is 3. The Bertz CT molecular complexity index is 755. The van der Waals surface area contributed by atoms with E-state index in [0.717, 1.165) is 22.8 Å². The lowest BCUT2D eigenvalue weighted by molar-refractivity contribution is 0.400. The van der Waals surface area contributed by atoms with E-state index in [-0.39, 0.29) is 0 Å². The summed E-state index contributed by atoms with van der Waals surface area (Å²) >= 11 is 0. The molecule has 0 aliphatic carbocycles. The van der Waals surface area contributed by atoms with E-state index >= 15 is 0 Å². The van der Waals surface area contributed by atoms with Crippen LogP contribution in [0, 0.1) is 6.92 Å². The number of para-hydroxylation sites is 1. The van der Waals surface area contributed by atoms with Crippen molar-refractivity contribution in [2.45, 2.75) is 6.92 Å². The first kappa shape index (κ1) is 13.1. The summed E-state index contributed by atoms with van der Waals surface area (Å²) in [5.74, 6) is 2.74. The Morgan fingerprint density at radius 3 is 2.71 bits per heavy atom. The van der Waals surface area contributed by atoms with Gasteiger partial charge < -0.3 is 14.6 Å². The van der Waals surface area contributed by atoms with Gasteiger partial charge in [-0.2, -0.15) is 0 Å². The zero-order valence-electron chi connectivity index (χ0n) is 11.7. The van der Waals surface area contributed by atoms with E-state index in [2.05, 4.69) is 20.4 Å². The Labute approximate surface area is 121 Å². The van der Waals surface area contributed by atoms with Crippen LogP contribution in [-0.2, 0) is 0 Å². The van der Waals surface area contributed by atoms with Gasteiger partial charge in [-0.05, 0) is 19.1 Å². The maximum absolute atomic E-state index is 5.35. The topological polar surface area (TPSA) is 73.1 Å². The van der Waals surface area contributed by atoms with Crippen molar-refractivity contribution in [3.8, 4) is 17.0 Å². The zero-order valence-corrected chi connectivity index (χ0v) is 11.7. The highest BCUT2D eigenvalue weighted by molar-refractivity contribution is 5.69. The quantitative estimate of drug-likeness (QED) is 0.792. The highest BCUT2D eigenvalue weighted by atomic mass is 16.5. The highest BCUT2D eigenvalue weighted by Crippen LogP contribution is 2.29. The first-order valence-electron chi connectivity index (χ1n) is 6.42. The molecule has 106 valence electrons. The molecular weight excluding hydrogens is 268 g/mol. The van der Waals surface area contributed by atoms with Crippen molar-refractivity contribution in [1.29, 1.82) is 0 Å². The number of hydrogen-bond donors (Lipinski definition) is 1. The molecule has 0 saturated heterocycles. The molecule has 3 rings (SSSR count). The lowest BCUT2D eigenvalue weighted by atomic mass is 10.1. The van der Waals surface area contributed by atoms with Crippen molar-refractivity contribution in [2.24, 2.45) is 0 Å². The molecular formula is C15H14N4O2. The van der Waals surface area contributed by atoms with Gasteiger partial charge in [-0.1, -0.05) is 17.3 Å². The lowest BCUT2D eigenvalue weighted by Crippen LogP contribution is -1.96. The van der Waals surface area contributed by atoms with Crippen molar-refractivity contribution in [1.82, 2.24) is 15.1 Å². The van der Waals surface area contributed by atoms with Crippen LogP contribution in [-0.4, -0.2) is 22.2 Å². The third-order valence-electron chi connectivity index (χ3n) is 2.93. The molecule has 0 atom stereocenters. The summed E-state index contributed by atoms with van der Waals surface area (Å²) in [5, 5.41) is 6.95. The van der Waals surface area contributed by atoms with Gasteiger partial charge in [0.05, 0.1) is 12.8 Å². The minimum atomic E-state index is 0.608. The molecule has 0 bridgehead atoms. The third kappa shape index (κ3) is 2.84. The molecule has 0 fully saturated rings. The summed E-state index contributed by atoms with van der Waals surface area (Å²) in [7, 11) is 1.64. The molecule has 6 nitrogen and oxygen atoms in total. The van der Waals surface area contributed by atoms with Gasteiger partial charge in [0.2, 0.25) is 0 Å². The Morgan fingerprint density at radius 2 is 1.95 bits per heavy atom. The van der Waals surface area contributed by atoms with Gasteiger partial charge in [-0.15, -0.1) is 0 Å². The van der Waals surface area contributed by atoms with Crippen molar-refractivity contribution in [3.63, 3.8) is 0 Å². The molecule has 1 N–H and O–H groups in total. The number of methoxy groups -OCH3 is 1. The summed E-state index contributed by atoms with van der Waals surface area (Å²) in [4.78, 5) is 8.47. The summed E-state index contributed by atoms with van der Waals surface area (Å²) < 4.78 is 10.4. The maximum Gasteiger partial charge on any atom is 0.175 e. The van der Waals surface area contributed by atoms with Crippen molar-refractivity contribution >= 4 is 11.6 Å². The average molecular weight is 282 g/mol. The summed E-state index contributed by atoms with van der Waals surface area (Å²) in [6.45, 7) is 1.83. The molecule has 3 aromatic rings.